The van der Waals surface area contributed by atoms with Crippen molar-refractivity contribution in [2.45, 2.75) is 13.3 Å². The number of rotatable bonds is 1. The van der Waals surface area contributed by atoms with Gasteiger partial charge in [0.2, 0.25) is 0 Å². The van der Waals surface area contributed by atoms with Crippen molar-refractivity contribution in [2.75, 3.05) is 0 Å². The smallest absolute Gasteiger partial charge is 1.00 e. The minimum absolute atomic E-state index is 0. The van der Waals surface area contributed by atoms with Crippen LogP contribution in [-0.4, -0.2) is 9.97 Å². The van der Waals surface area contributed by atoms with Crippen LogP contribution in [0.3, 0.4) is 0 Å². The Balaban J connectivity index is -0.000000163. The molecule has 1 radical (unpaired) electrons. The number of imidazole rings is 1. The number of hydrogen-bond acceptors (Lipinski definition) is 1. The van der Waals surface area contributed by atoms with Crippen LogP contribution in [0, 0.1) is 0 Å². The van der Waals surface area contributed by atoms with E-state index in [2.05, 4.69) is 16.9 Å². The summed E-state index contributed by atoms with van der Waals surface area (Å²) in [6.07, 6.45) is 4.59. The number of nitrogens with one attached hydrogen (secondary N) is 1. The first-order chi connectivity index (χ1) is 3.43. The number of hydrogen-bond donors (Lipinski definition) is 1. The molecular formula is C5H8Br2MnN2. The fourth-order valence-electron chi connectivity index (χ4n) is 0.491. The summed E-state index contributed by atoms with van der Waals surface area (Å²) in [6, 6.07) is 0. The fraction of sp³-hybridized carbons (Fsp3) is 0.400. The Morgan fingerprint density at radius 1 is 1.50 bits per heavy atom. The van der Waals surface area contributed by atoms with Crippen LogP contribution in [0.25, 0.3) is 0 Å². The molecule has 1 aromatic rings. The Hall–Kier alpha value is 0.689. The van der Waals surface area contributed by atoms with Crippen molar-refractivity contribution in [3.63, 3.8) is 0 Å². The average Bonchev–Trinajstić information content (AvgIpc) is 2.14. The van der Waals surface area contributed by atoms with E-state index in [1.807, 2.05) is 6.20 Å². The number of aryl methyl sites for hydroxylation is 1. The monoisotopic (exact) mass is 309 g/mol. The minimum Gasteiger partial charge on any atom is -1.00 e. The maximum atomic E-state index is 3.98. The zero-order valence-corrected chi connectivity index (χ0v) is 9.80. The van der Waals surface area contributed by atoms with Crippen LogP contribution in [-0.2, 0) is 23.5 Å². The molecule has 0 saturated heterocycles. The molecule has 0 unspecified atom stereocenters. The first kappa shape index (κ1) is 17.0. The fourth-order valence-corrected chi connectivity index (χ4v) is 0.491. The Kier molecular flexibility index (Phi) is 16.4. The van der Waals surface area contributed by atoms with Crippen LogP contribution < -0.4 is 34.0 Å². The summed E-state index contributed by atoms with van der Waals surface area (Å²) >= 11 is 0. The van der Waals surface area contributed by atoms with E-state index in [4.69, 9.17) is 0 Å². The molecule has 59 valence electrons. The number of nitrogens with zero attached hydrogens (tertiary/aromatic N) is 1. The molecule has 2 nitrogen and oxygen atoms in total. The maximum absolute atomic E-state index is 3.98. The average molecular weight is 311 g/mol. The summed E-state index contributed by atoms with van der Waals surface area (Å²) in [7, 11) is 0. The van der Waals surface area contributed by atoms with Gasteiger partial charge in [-0.25, -0.2) is 4.98 Å². The van der Waals surface area contributed by atoms with E-state index in [1.54, 1.807) is 6.20 Å². The molecule has 1 heterocycles. The van der Waals surface area contributed by atoms with E-state index >= 15 is 0 Å². The van der Waals surface area contributed by atoms with Gasteiger partial charge < -0.3 is 38.9 Å². The Morgan fingerprint density at radius 3 is 2.30 bits per heavy atom. The van der Waals surface area contributed by atoms with Crippen molar-refractivity contribution in [1.29, 1.82) is 0 Å². The molecule has 0 amide bonds. The van der Waals surface area contributed by atoms with Crippen molar-refractivity contribution < 1.29 is 51.0 Å². The molecule has 1 N–H and O–H groups in total. The Morgan fingerprint density at radius 2 is 2.10 bits per heavy atom. The molecule has 0 aliphatic carbocycles. The summed E-state index contributed by atoms with van der Waals surface area (Å²) in [5, 5.41) is 0. The van der Waals surface area contributed by atoms with Gasteiger partial charge in [0.25, 0.3) is 0 Å². The topological polar surface area (TPSA) is 28.7 Å². The Labute approximate surface area is 92.2 Å². The molecule has 0 aromatic carbocycles. The number of halogens is 2. The van der Waals surface area contributed by atoms with E-state index in [9.17, 15) is 0 Å². The number of aromatic amines is 1. The van der Waals surface area contributed by atoms with Crippen LogP contribution in [0.4, 0.5) is 0 Å². The summed E-state index contributed by atoms with van der Waals surface area (Å²) in [5.74, 6) is 1.06. The molecule has 1 rings (SSSR count). The minimum atomic E-state index is 0. The first-order valence-electron chi connectivity index (χ1n) is 2.41. The molecule has 0 atom stereocenters. The molecule has 0 spiro atoms. The van der Waals surface area contributed by atoms with E-state index in [1.165, 1.54) is 0 Å². The first-order valence-corrected chi connectivity index (χ1v) is 2.41. The van der Waals surface area contributed by atoms with Crippen LogP contribution in [0.15, 0.2) is 12.4 Å². The van der Waals surface area contributed by atoms with E-state index < -0.39 is 0 Å². The van der Waals surface area contributed by atoms with Crippen molar-refractivity contribution in [1.82, 2.24) is 9.97 Å². The van der Waals surface area contributed by atoms with Crippen molar-refractivity contribution >= 4 is 0 Å². The molecule has 1 aromatic heterocycles. The SMILES string of the molecule is CCc1ncc[nH]1.[Br-].[Br-].[Mn+2]. The second kappa shape index (κ2) is 9.69. The third-order valence-corrected chi connectivity index (χ3v) is 0.890. The van der Waals surface area contributed by atoms with Crippen LogP contribution in [0.5, 0.6) is 0 Å². The van der Waals surface area contributed by atoms with E-state index in [0.29, 0.717) is 0 Å². The predicted molar refractivity (Wildman–Crippen MR) is 28.0 cm³/mol. The van der Waals surface area contributed by atoms with Gasteiger partial charge in [0, 0.05) is 18.8 Å². The van der Waals surface area contributed by atoms with Crippen LogP contribution in [0.2, 0.25) is 0 Å². The van der Waals surface area contributed by atoms with Crippen molar-refractivity contribution in [3.05, 3.63) is 18.2 Å². The number of H-pyrrole nitrogens is 1. The molecule has 0 fully saturated rings. The van der Waals surface area contributed by atoms with Gasteiger partial charge in [-0.3, -0.25) is 0 Å². The predicted octanol–water partition coefficient (Wildman–Crippen LogP) is -5.02. The quantitative estimate of drug-likeness (QED) is 0.517. The third-order valence-electron chi connectivity index (χ3n) is 0.890. The van der Waals surface area contributed by atoms with Crippen molar-refractivity contribution in [2.24, 2.45) is 0 Å². The van der Waals surface area contributed by atoms with Gasteiger partial charge in [-0.1, -0.05) is 6.92 Å². The van der Waals surface area contributed by atoms with Crippen LogP contribution >= 0.6 is 0 Å². The molecule has 0 aliphatic rings. The summed E-state index contributed by atoms with van der Waals surface area (Å²) in [5.41, 5.74) is 0. The number of aromatic nitrogens is 2. The third kappa shape index (κ3) is 5.47. The maximum Gasteiger partial charge on any atom is 2.00 e. The standard InChI is InChI=1S/C5H8N2.2BrH.Mn/c1-2-5-6-3-4-7-5;;;/h3-4H,2H2,1H3,(H,6,7);2*1H;/q;;;+2/p-2. The Bertz CT molecular complexity index is 132. The molecule has 10 heavy (non-hydrogen) atoms. The molecular weight excluding hydrogens is 303 g/mol. The van der Waals surface area contributed by atoms with Gasteiger partial charge in [0.1, 0.15) is 5.82 Å². The van der Waals surface area contributed by atoms with Crippen molar-refractivity contribution in [3.8, 4) is 0 Å². The summed E-state index contributed by atoms with van der Waals surface area (Å²) < 4.78 is 0. The van der Waals surface area contributed by atoms with Crippen LogP contribution in [0.1, 0.15) is 12.7 Å². The largest absolute Gasteiger partial charge is 2.00 e. The van der Waals surface area contributed by atoms with Gasteiger partial charge in [-0.05, 0) is 0 Å². The second-order valence-electron chi connectivity index (χ2n) is 1.39. The molecule has 0 aliphatic heterocycles. The van der Waals surface area contributed by atoms with Gasteiger partial charge in [-0.2, -0.15) is 0 Å². The van der Waals surface area contributed by atoms with Gasteiger partial charge in [0.05, 0.1) is 0 Å². The second-order valence-corrected chi connectivity index (χ2v) is 1.39. The zero-order chi connectivity index (χ0) is 5.11. The summed E-state index contributed by atoms with van der Waals surface area (Å²) in [4.78, 5) is 6.95. The summed E-state index contributed by atoms with van der Waals surface area (Å²) in [6.45, 7) is 2.07. The molecule has 5 heteroatoms. The van der Waals surface area contributed by atoms with E-state index in [-0.39, 0.29) is 51.0 Å². The zero-order valence-electron chi connectivity index (χ0n) is 5.44. The molecule has 0 bridgehead atoms. The van der Waals surface area contributed by atoms with Gasteiger partial charge in [0.15, 0.2) is 0 Å². The molecule has 0 saturated carbocycles. The van der Waals surface area contributed by atoms with E-state index in [0.717, 1.165) is 12.2 Å². The van der Waals surface area contributed by atoms with Gasteiger partial charge >= 0.3 is 17.1 Å². The van der Waals surface area contributed by atoms with Gasteiger partial charge in [-0.15, -0.1) is 0 Å². The normalized spacial score (nSPS) is 6.50.